The molecule has 0 saturated carbocycles. The Bertz CT molecular complexity index is 1430. The van der Waals surface area contributed by atoms with E-state index in [0.717, 1.165) is 5.56 Å². The Hall–Kier alpha value is -4.91. The maximum Gasteiger partial charge on any atom is 0.408 e. The van der Waals surface area contributed by atoms with Crippen LogP contribution in [0.5, 0.6) is 5.75 Å². The van der Waals surface area contributed by atoms with Crippen LogP contribution in [0.3, 0.4) is 0 Å². The second kappa shape index (κ2) is 14.5. The van der Waals surface area contributed by atoms with Gasteiger partial charge in [-0.05, 0) is 57.9 Å². The summed E-state index contributed by atoms with van der Waals surface area (Å²) in [5, 5.41) is 17.7. The van der Waals surface area contributed by atoms with E-state index in [0.29, 0.717) is 11.3 Å². The first-order valence-electron chi connectivity index (χ1n) is 13.8. The summed E-state index contributed by atoms with van der Waals surface area (Å²) in [7, 11) is 1.51. The molecule has 0 aliphatic carbocycles. The van der Waals surface area contributed by atoms with Crippen molar-refractivity contribution in [3.63, 3.8) is 0 Å². The molecule has 13 heteroatoms. The Morgan fingerprint density at radius 1 is 0.977 bits per heavy atom. The van der Waals surface area contributed by atoms with Gasteiger partial charge in [0.05, 0.1) is 26.7 Å². The summed E-state index contributed by atoms with van der Waals surface area (Å²) in [5.41, 5.74) is -0.898. The molecule has 3 amide bonds. The Labute approximate surface area is 255 Å². The average Bonchev–Trinajstić information content (AvgIpc) is 3.39. The number of carbonyl (C=O) groups is 4. The van der Waals surface area contributed by atoms with Crippen molar-refractivity contribution in [1.29, 1.82) is 0 Å². The van der Waals surface area contributed by atoms with Crippen molar-refractivity contribution in [3.05, 3.63) is 78.2 Å². The molecule has 13 nitrogen and oxygen atoms in total. The molecular formula is C31H39N5O8. The summed E-state index contributed by atoms with van der Waals surface area (Å²) in [5.74, 6) is -1.83. The lowest BCUT2D eigenvalue weighted by Gasteiger charge is -2.29. The fourth-order valence-corrected chi connectivity index (χ4v) is 3.99. The SMILES string of the molecule is COc1ccc(C(C(=O)O)n2cnc(NC(=O)C(COCc3ccccc3)NC(=O)C(C)(C)NC(=O)OC(C)(C)C)c2)cc1. The van der Waals surface area contributed by atoms with E-state index in [1.165, 1.54) is 38.0 Å². The highest BCUT2D eigenvalue weighted by Crippen LogP contribution is 2.23. The first-order chi connectivity index (χ1) is 20.7. The lowest BCUT2D eigenvalue weighted by atomic mass is 10.0. The molecule has 0 saturated heterocycles. The first-order valence-corrected chi connectivity index (χ1v) is 13.8. The number of carboxylic acids is 1. The first kappa shape index (κ1) is 33.6. The highest BCUT2D eigenvalue weighted by atomic mass is 16.6. The zero-order chi connectivity index (χ0) is 32.5. The van der Waals surface area contributed by atoms with Crippen molar-refractivity contribution in [2.24, 2.45) is 0 Å². The summed E-state index contributed by atoms with van der Waals surface area (Å²) in [4.78, 5) is 55.2. The van der Waals surface area contributed by atoms with Crippen molar-refractivity contribution in [2.45, 2.75) is 64.4 Å². The number of carboxylic acid groups (broad SMARTS) is 1. The van der Waals surface area contributed by atoms with Gasteiger partial charge in [0.2, 0.25) is 5.91 Å². The normalized spacial score (nSPS) is 12.9. The predicted molar refractivity (Wildman–Crippen MR) is 161 cm³/mol. The number of nitrogens with one attached hydrogen (secondary N) is 3. The minimum Gasteiger partial charge on any atom is -0.497 e. The second-order valence-electron chi connectivity index (χ2n) is 11.5. The van der Waals surface area contributed by atoms with Crippen LogP contribution in [0.4, 0.5) is 10.6 Å². The number of aromatic nitrogens is 2. The highest BCUT2D eigenvalue weighted by Gasteiger charge is 2.35. The minimum atomic E-state index is -1.45. The van der Waals surface area contributed by atoms with Crippen LogP contribution >= 0.6 is 0 Å². The quantitative estimate of drug-likeness (QED) is 0.226. The number of hydrogen-bond acceptors (Lipinski definition) is 8. The summed E-state index contributed by atoms with van der Waals surface area (Å²) in [6, 6.07) is 13.5. The number of rotatable bonds is 13. The summed E-state index contributed by atoms with van der Waals surface area (Å²) in [6.45, 7) is 8.00. The molecule has 1 aromatic heterocycles. The van der Waals surface area contributed by atoms with Crippen LogP contribution in [0.15, 0.2) is 67.1 Å². The lowest BCUT2D eigenvalue weighted by molar-refractivity contribution is -0.139. The summed E-state index contributed by atoms with van der Waals surface area (Å²) in [6.07, 6.45) is 1.86. The van der Waals surface area contributed by atoms with Gasteiger partial charge < -0.3 is 39.8 Å². The van der Waals surface area contributed by atoms with E-state index >= 15 is 0 Å². The van der Waals surface area contributed by atoms with Gasteiger partial charge in [0.1, 0.15) is 22.9 Å². The molecule has 44 heavy (non-hydrogen) atoms. The molecule has 0 bridgehead atoms. The minimum absolute atomic E-state index is 0.0585. The van der Waals surface area contributed by atoms with Gasteiger partial charge >= 0.3 is 12.1 Å². The number of amides is 3. The fraction of sp³-hybridized carbons (Fsp3) is 0.387. The van der Waals surface area contributed by atoms with E-state index in [-0.39, 0.29) is 19.0 Å². The Morgan fingerprint density at radius 2 is 1.64 bits per heavy atom. The van der Waals surface area contributed by atoms with Crippen LogP contribution in [-0.2, 0) is 30.5 Å². The van der Waals surface area contributed by atoms with Crippen molar-refractivity contribution >= 4 is 29.7 Å². The van der Waals surface area contributed by atoms with Gasteiger partial charge in [0, 0.05) is 6.20 Å². The van der Waals surface area contributed by atoms with Gasteiger partial charge in [-0.2, -0.15) is 0 Å². The number of carbonyl (C=O) groups excluding carboxylic acids is 3. The van der Waals surface area contributed by atoms with Gasteiger partial charge in [-0.25, -0.2) is 14.6 Å². The molecule has 0 fully saturated rings. The van der Waals surface area contributed by atoms with Crippen molar-refractivity contribution in [1.82, 2.24) is 20.2 Å². The molecule has 0 radical (unpaired) electrons. The number of anilines is 1. The topological polar surface area (TPSA) is 170 Å². The number of nitrogens with zero attached hydrogens (tertiary/aromatic N) is 2. The van der Waals surface area contributed by atoms with E-state index in [1.807, 2.05) is 30.3 Å². The second-order valence-corrected chi connectivity index (χ2v) is 11.5. The standard InChI is InChI=1S/C31H39N5O8/c1-30(2,3)44-29(41)35-31(4,5)28(40)33-23(18-43-17-20-10-8-7-9-11-20)26(37)34-24-16-36(19-32-24)25(27(38)39)21-12-14-22(42-6)15-13-21/h7-16,19,23,25H,17-18H2,1-6H3,(H,33,40)(H,34,37)(H,35,41)(H,38,39). The zero-order valence-corrected chi connectivity index (χ0v) is 25.6. The average molecular weight is 610 g/mol. The smallest absolute Gasteiger partial charge is 0.408 e. The molecule has 3 rings (SSSR count). The van der Waals surface area contributed by atoms with Crippen LogP contribution < -0.4 is 20.7 Å². The largest absolute Gasteiger partial charge is 0.497 e. The third-order valence-corrected chi connectivity index (χ3v) is 6.22. The van der Waals surface area contributed by atoms with E-state index in [4.69, 9.17) is 14.2 Å². The van der Waals surface area contributed by atoms with Gasteiger partial charge in [0.25, 0.3) is 5.91 Å². The molecule has 0 spiro atoms. The molecule has 2 aromatic carbocycles. The molecule has 0 aliphatic rings. The third-order valence-electron chi connectivity index (χ3n) is 6.22. The van der Waals surface area contributed by atoms with Crippen molar-refractivity contribution in [2.75, 3.05) is 19.0 Å². The summed E-state index contributed by atoms with van der Waals surface area (Å²) >= 11 is 0. The maximum atomic E-state index is 13.4. The highest BCUT2D eigenvalue weighted by molar-refractivity contribution is 5.98. The molecule has 2 unspecified atom stereocenters. The van der Waals surface area contributed by atoms with Crippen LogP contribution in [0, 0.1) is 0 Å². The zero-order valence-electron chi connectivity index (χ0n) is 25.6. The van der Waals surface area contributed by atoms with E-state index < -0.39 is 47.1 Å². The number of hydrogen-bond donors (Lipinski definition) is 4. The third kappa shape index (κ3) is 9.83. The van der Waals surface area contributed by atoms with Gasteiger partial charge in [-0.3, -0.25) is 9.59 Å². The van der Waals surface area contributed by atoms with E-state index in [9.17, 15) is 24.3 Å². The number of imidazole rings is 1. The molecule has 236 valence electrons. The fourth-order valence-electron chi connectivity index (χ4n) is 3.99. The lowest BCUT2D eigenvalue weighted by Crippen LogP contribution is -2.59. The molecular weight excluding hydrogens is 570 g/mol. The molecule has 0 aliphatic heterocycles. The molecule has 1 heterocycles. The molecule has 2 atom stereocenters. The van der Waals surface area contributed by atoms with Gasteiger partial charge in [0.15, 0.2) is 11.9 Å². The number of aliphatic carboxylic acids is 1. The molecule has 4 N–H and O–H groups in total. The number of ether oxygens (including phenoxy) is 3. The van der Waals surface area contributed by atoms with E-state index in [1.54, 1.807) is 45.0 Å². The van der Waals surface area contributed by atoms with Gasteiger partial charge in [-0.1, -0.05) is 42.5 Å². The maximum absolute atomic E-state index is 13.4. The van der Waals surface area contributed by atoms with Crippen LogP contribution in [0.2, 0.25) is 0 Å². The van der Waals surface area contributed by atoms with Gasteiger partial charge in [-0.15, -0.1) is 0 Å². The van der Waals surface area contributed by atoms with Crippen LogP contribution in [0.1, 0.15) is 51.8 Å². The van der Waals surface area contributed by atoms with Crippen molar-refractivity contribution < 1.29 is 38.5 Å². The molecule has 3 aromatic rings. The number of methoxy groups -OCH3 is 1. The Kier molecular flexibility index (Phi) is 11.1. The van der Waals surface area contributed by atoms with Crippen LogP contribution in [0.25, 0.3) is 0 Å². The summed E-state index contributed by atoms with van der Waals surface area (Å²) < 4.78 is 17.5. The number of benzene rings is 2. The predicted octanol–water partition coefficient (Wildman–Crippen LogP) is 3.51. The Morgan fingerprint density at radius 3 is 2.23 bits per heavy atom. The van der Waals surface area contributed by atoms with Crippen LogP contribution in [-0.4, -0.2) is 69.4 Å². The number of alkyl carbamates (subject to hydrolysis) is 1. The van der Waals surface area contributed by atoms with E-state index in [2.05, 4.69) is 20.9 Å². The van der Waals surface area contributed by atoms with Crippen molar-refractivity contribution in [3.8, 4) is 5.75 Å². The Balaban J connectivity index is 1.76. The monoisotopic (exact) mass is 609 g/mol.